The zero-order chi connectivity index (χ0) is 14.3. The number of carbonyl (C=O) groups is 2. The Morgan fingerprint density at radius 3 is 1.47 bits per heavy atom. The predicted molar refractivity (Wildman–Crippen MR) is 75.1 cm³/mol. The van der Waals surface area contributed by atoms with Gasteiger partial charge in [-0.3, -0.25) is 9.59 Å². The zero-order valence-corrected chi connectivity index (χ0v) is 12.2. The standard InChI is InChI=1S/C15H28O4/c1-19-15(18)13-11-9-7-5-3-2-4-6-8-10-12-14(16)17/h2-13H2,1H3,(H,16,17). The molecule has 0 aliphatic heterocycles. The summed E-state index contributed by atoms with van der Waals surface area (Å²) in [6.07, 6.45) is 12.0. The second kappa shape index (κ2) is 13.4. The van der Waals surface area contributed by atoms with Gasteiger partial charge in [0.25, 0.3) is 0 Å². The summed E-state index contributed by atoms with van der Waals surface area (Å²) >= 11 is 0. The Kier molecular flexibility index (Phi) is 12.6. The molecule has 0 spiro atoms. The van der Waals surface area contributed by atoms with E-state index in [0.29, 0.717) is 12.8 Å². The van der Waals surface area contributed by atoms with Crippen LogP contribution in [0.25, 0.3) is 0 Å². The monoisotopic (exact) mass is 272 g/mol. The molecule has 0 aromatic heterocycles. The molecule has 0 saturated carbocycles. The third-order valence-corrected chi connectivity index (χ3v) is 3.25. The number of rotatable bonds is 13. The first kappa shape index (κ1) is 17.9. The lowest BCUT2D eigenvalue weighted by Gasteiger charge is -2.02. The summed E-state index contributed by atoms with van der Waals surface area (Å²) in [5, 5.41) is 8.48. The Labute approximate surface area is 116 Å². The van der Waals surface area contributed by atoms with E-state index in [4.69, 9.17) is 5.11 Å². The van der Waals surface area contributed by atoms with Crippen molar-refractivity contribution in [1.29, 1.82) is 0 Å². The molecule has 0 heterocycles. The van der Waals surface area contributed by atoms with Crippen molar-refractivity contribution < 1.29 is 19.4 Å². The van der Waals surface area contributed by atoms with Crippen LogP contribution in [-0.4, -0.2) is 24.2 Å². The van der Waals surface area contributed by atoms with Crippen molar-refractivity contribution in [3.05, 3.63) is 0 Å². The van der Waals surface area contributed by atoms with Gasteiger partial charge in [0, 0.05) is 12.8 Å². The molecule has 0 aromatic rings. The maximum Gasteiger partial charge on any atom is 0.305 e. The third kappa shape index (κ3) is 14.9. The lowest BCUT2D eigenvalue weighted by atomic mass is 10.1. The van der Waals surface area contributed by atoms with Crippen molar-refractivity contribution in [2.24, 2.45) is 0 Å². The first-order chi connectivity index (χ1) is 9.16. The van der Waals surface area contributed by atoms with Crippen LogP contribution in [0.15, 0.2) is 0 Å². The van der Waals surface area contributed by atoms with E-state index in [2.05, 4.69) is 4.74 Å². The molecule has 0 saturated heterocycles. The molecule has 0 aliphatic rings. The summed E-state index contributed by atoms with van der Waals surface area (Å²) in [6, 6.07) is 0. The minimum Gasteiger partial charge on any atom is -0.481 e. The maximum absolute atomic E-state index is 10.9. The highest BCUT2D eigenvalue weighted by molar-refractivity contribution is 5.68. The number of carboxylic acids is 1. The summed E-state index contributed by atoms with van der Waals surface area (Å²) in [4.78, 5) is 21.1. The van der Waals surface area contributed by atoms with Crippen molar-refractivity contribution in [3.63, 3.8) is 0 Å². The Bertz CT molecular complexity index is 238. The molecule has 0 fully saturated rings. The highest BCUT2D eigenvalue weighted by atomic mass is 16.5. The highest BCUT2D eigenvalue weighted by Gasteiger charge is 1.99. The van der Waals surface area contributed by atoms with Crippen molar-refractivity contribution in [2.75, 3.05) is 7.11 Å². The van der Waals surface area contributed by atoms with Crippen molar-refractivity contribution in [3.8, 4) is 0 Å². The molecule has 112 valence electrons. The van der Waals surface area contributed by atoms with Crippen LogP contribution in [0.5, 0.6) is 0 Å². The predicted octanol–water partition coefficient (Wildman–Crippen LogP) is 3.93. The Morgan fingerprint density at radius 2 is 1.11 bits per heavy atom. The van der Waals surface area contributed by atoms with E-state index in [1.54, 1.807) is 0 Å². The number of hydrogen-bond donors (Lipinski definition) is 1. The van der Waals surface area contributed by atoms with E-state index in [-0.39, 0.29) is 5.97 Å². The van der Waals surface area contributed by atoms with Gasteiger partial charge in [-0.1, -0.05) is 51.4 Å². The van der Waals surface area contributed by atoms with E-state index in [1.807, 2.05) is 0 Å². The number of ether oxygens (including phenoxy) is 1. The van der Waals surface area contributed by atoms with Gasteiger partial charge < -0.3 is 9.84 Å². The van der Waals surface area contributed by atoms with Gasteiger partial charge in [0.1, 0.15) is 0 Å². The van der Waals surface area contributed by atoms with Gasteiger partial charge in [-0.2, -0.15) is 0 Å². The molecule has 0 atom stereocenters. The molecule has 0 radical (unpaired) electrons. The second-order valence-electron chi connectivity index (χ2n) is 5.01. The van der Waals surface area contributed by atoms with Crippen molar-refractivity contribution >= 4 is 11.9 Å². The van der Waals surface area contributed by atoms with Gasteiger partial charge in [-0.25, -0.2) is 0 Å². The van der Waals surface area contributed by atoms with Crippen LogP contribution >= 0.6 is 0 Å². The van der Waals surface area contributed by atoms with E-state index in [0.717, 1.165) is 32.1 Å². The van der Waals surface area contributed by atoms with Crippen LogP contribution in [-0.2, 0) is 14.3 Å². The van der Waals surface area contributed by atoms with Crippen LogP contribution in [0, 0.1) is 0 Å². The van der Waals surface area contributed by atoms with Crippen molar-refractivity contribution in [2.45, 2.75) is 77.0 Å². The minimum absolute atomic E-state index is 0.110. The molecule has 4 heteroatoms. The molecular weight excluding hydrogens is 244 g/mol. The lowest BCUT2D eigenvalue weighted by Crippen LogP contribution is -1.99. The molecule has 0 bridgehead atoms. The van der Waals surface area contributed by atoms with Crippen LogP contribution < -0.4 is 0 Å². The molecule has 4 nitrogen and oxygen atoms in total. The fourth-order valence-electron chi connectivity index (χ4n) is 2.06. The number of aliphatic carboxylic acids is 1. The summed E-state index contributed by atoms with van der Waals surface area (Å²) in [7, 11) is 1.43. The molecular formula is C15H28O4. The smallest absolute Gasteiger partial charge is 0.305 e. The van der Waals surface area contributed by atoms with Crippen molar-refractivity contribution in [1.82, 2.24) is 0 Å². The maximum atomic E-state index is 10.9. The SMILES string of the molecule is COC(=O)CCCCCCCCCCCCC(=O)O. The summed E-state index contributed by atoms with van der Waals surface area (Å²) in [6.45, 7) is 0. The lowest BCUT2D eigenvalue weighted by molar-refractivity contribution is -0.141. The largest absolute Gasteiger partial charge is 0.481 e. The van der Waals surface area contributed by atoms with Crippen LogP contribution in [0.3, 0.4) is 0 Å². The molecule has 1 N–H and O–H groups in total. The fraction of sp³-hybridized carbons (Fsp3) is 0.867. The average molecular weight is 272 g/mol. The first-order valence-corrected chi connectivity index (χ1v) is 7.45. The van der Waals surface area contributed by atoms with Gasteiger partial charge in [-0.15, -0.1) is 0 Å². The van der Waals surface area contributed by atoms with Crippen LogP contribution in [0.1, 0.15) is 77.0 Å². The van der Waals surface area contributed by atoms with E-state index in [1.165, 1.54) is 39.2 Å². The van der Waals surface area contributed by atoms with E-state index in [9.17, 15) is 9.59 Å². The molecule has 0 amide bonds. The van der Waals surface area contributed by atoms with Crippen LogP contribution in [0.4, 0.5) is 0 Å². The molecule has 0 aliphatic carbocycles. The van der Waals surface area contributed by atoms with Gasteiger partial charge in [0.05, 0.1) is 7.11 Å². The highest BCUT2D eigenvalue weighted by Crippen LogP contribution is 2.12. The Morgan fingerprint density at radius 1 is 0.737 bits per heavy atom. The molecule has 0 unspecified atom stereocenters. The second-order valence-corrected chi connectivity index (χ2v) is 5.01. The van der Waals surface area contributed by atoms with E-state index < -0.39 is 5.97 Å². The Hall–Kier alpha value is -1.06. The van der Waals surface area contributed by atoms with E-state index >= 15 is 0 Å². The number of hydrogen-bond acceptors (Lipinski definition) is 3. The number of esters is 1. The summed E-state index contributed by atoms with van der Waals surface area (Å²) < 4.78 is 4.58. The molecule has 19 heavy (non-hydrogen) atoms. The number of carbonyl (C=O) groups excluding carboxylic acids is 1. The number of methoxy groups -OCH3 is 1. The summed E-state index contributed by atoms with van der Waals surface area (Å²) in [5.74, 6) is -0.798. The third-order valence-electron chi connectivity index (χ3n) is 3.25. The Balaban J connectivity index is 3.03. The fourth-order valence-corrected chi connectivity index (χ4v) is 2.06. The topological polar surface area (TPSA) is 63.6 Å². The quantitative estimate of drug-likeness (QED) is 0.407. The van der Waals surface area contributed by atoms with Gasteiger partial charge >= 0.3 is 11.9 Å². The normalized spacial score (nSPS) is 10.4. The summed E-state index contributed by atoms with van der Waals surface area (Å²) in [5.41, 5.74) is 0. The zero-order valence-electron chi connectivity index (χ0n) is 12.2. The average Bonchev–Trinajstić information content (AvgIpc) is 2.39. The number of carboxylic acid groups (broad SMARTS) is 1. The first-order valence-electron chi connectivity index (χ1n) is 7.45. The number of unbranched alkanes of at least 4 members (excludes halogenated alkanes) is 9. The molecule has 0 rings (SSSR count). The van der Waals surface area contributed by atoms with Gasteiger partial charge in [0.2, 0.25) is 0 Å². The van der Waals surface area contributed by atoms with Gasteiger partial charge in [0.15, 0.2) is 0 Å². The minimum atomic E-state index is -0.688. The molecule has 0 aromatic carbocycles. The van der Waals surface area contributed by atoms with Gasteiger partial charge in [-0.05, 0) is 12.8 Å². The van der Waals surface area contributed by atoms with Crippen LogP contribution in [0.2, 0.25) is 0 Å².